The molecule has 0 atom stereocenters. The number of aliphatic hydroxyl groups excluding tert-OH is 1. The van der Waals surface area contributed by atoms with Gasteiger partial charge in [0.15, 0.2) is 5.78 Å². The number of unbranched alkanes of at least 4 members (excludes halogenated alkanes) is 2. The van der Waals surface area contributed by atoms with Crippen LogP contribution in [0.15, 0.2) is 24.3 Å². The number of ketones is 1. The average Bonchev–Trinajstić information content (AvgIpc) is 2.34. The van der Waals surface area contributed by atoms with Crippen molar-refractivity contribution < 1.29 is 14.6 Å². The molecule has 0 radical (unpaired) electrons. The lowest BCUT2D eigenvalue weighted by atomic mass is 10.0. The number of carbonyl (C=O) groups excluding carboxylic acids is 1. The molecule has 16 heavy (non-hydrogen) atoms. The van der Waals surface area contributed by atoms with E-state index in [1.54, 1.807) is 31.4 Å². The van der Waals surface area contributed by atoms with Gasteiger partial charge in [0, 0.05) is 18.6 Å². The van der Waals surface area contributed by atoms with Gasteiger partial charge < -0.3 is 9.84 Å². The molecule has 0 aliphatic rings. The SMILES string of the molecule is COc1ccc(C(=O)CCCCCO)cc1. The van der Waals surface area contributed by atoms with Crippen LogP contribution in [0.5, 0.6) is 5.75 Å². The second kappa shape index (κ2) is 7.01. The molecular formula is C13H18O3. The van der Waals surface area contributed by atoms with Crippen molar-refractivity contribution in [2.45, 2.75) is 25.7 Å². The predicted molar refractivity (Wildman–Crippen MR) is 62.9 cm³/mol. The van der Waals surface area contributed by atoms with Gasteiger partial charge in [0.1, 0.15) is 5.75 Å². The third kappa shape index (κ3) is 4.03. The van der Waals surface area contributed by atoms with Gasteiger partial charge in [0.2, 0.25) is 0 Å². The Morgan fingerprint density at radius 3 is 2.44 bits per heavy atom. The zero-order chi connectivity index (χ0) is 11.8. The minimum atomic E-state index is 0.153. The van der Waals surface area contributed by atoms with Crippen molar-refractivity contribution in [3.05, 3.63) is 29.8 Å². The number of rotatable bonds is 7. The van der Waals surface area contributed by atoms with E-state index in [4.69, 9.17) is 9.84 Å². The van der Waals surface area contributed by atoms with Gasteiger partial charge in [-0.25, -0.2) is 0 Å². The summed E-state index contributed by atoms with van der Waals surface area (Å²) in [4.78, 5) is 11.7. The van der Waals surface area contributed by atoms with Crippen molar-refractivity contribution in [1.82, 2.24) is 0 Å². The highest BCUT2D eigenvalue weighted by Gasteiger charge is 2.05. The van der Waals surface area contributed by atoms with E-state index in [9.17, 15) is 4.79 Å². The van der Waals surface area contributed by atoms with Crippen LogP contribution in [0.4, 0.5) is 0 Å². The van der Waals surface area contributed by atoms with E-state index < -0.39 is 0 Å². The van der Waals surface area contributed by atoms with Crippen LogP contribution in [-0.4, -0.2) is 24.6 Å². The minimum Gasteiger partial charge on any atom is -0.497 e. The third-order valence-corrected chi connectivity index (χ3v) is 2.47. The Labute approximate surface area is 96.1 Å². The van der Waals surface area contributed by atoms with Crippen LogP contribution in [0.3, 0.4) is 0 Å². The summed E-state index contributed by atoms with van der Waals surface area (Å²) in [5.74, 6) is 0.914. The molecule has 0 aliphatic carbocycles. The highest BCUT2D eigenvalue weighted by atomic mass is 16.5. The van der Waals surface area contributed by atoms with Gasteiger partial charge in [-0.15, -0.1) is 0 Å². The largest absolute Gasteiger partial charge is 0.497 e. The number of hydrogen-bond acceptors (Lipinski definition) is 3. The molecule has 0 saturated heterocycles. The maximum atomic E-state index is 11.7. The first-order valence-electron chi connectivity index (χ1n) is 5.56. The Kier molecular flexibility index (Phi) is 5.57. The second-order valence-electron chi connectivity index (χ2n) is 3.69. The fourth-order valence-electron chi connectivity index (χ4n) is 1.50. The molecule has 88 valence electrons. The molecule has 1 aromatic rings. The van der Waals surface area contributed by atoms with Gasteiger partial charge in [-0.1, -0.05) is 6.42 Å². The Morgan fingerprint density at radius 1 is 1.19 bits per heavy atom. The van der Waals surface area contributed by atoms with E-state index >= 15 is 0 Å². The highest BCUT2D eigenvalue weighted by Crippen LogP contribution is 2.14. The number of Topliss-reactive ketones (excluding diaryl/α,β-unsaturated/α-hetero) is 1. The summed E-state index contributed by atoms with van der Waals surface area (Å²) in [6, 6.07) is 7.16. The number of carbonyl (C=O) groups is 1. The van der Waals surface area contributed by atoms with Crippen molar-refractivity contribution in [2.75, 3.05) is 13.7 Å². The predicted octanol–water partition coefficient (Wildman–Crippen LogP) is 2.43. The molecule has 0 saturated carbocycles. The van der Waals surface area contributed by atoms with E-state index in [0.717, 1.165) is 30.6 Å². The normalized spacial score (nSPS) is 10.1. The van der Waals surface area contributed by atoms with Crippen LogP contribution >= 0.6 is 0 Å². The Balaban J connectivity index is 2.40. The summed E-state index contributed by atoms with van der Waals surface area (Å²) in [6.45, 7) is 0.205. The molecule has 0 heterocycles. The first-order chi connectivity index (χ1) is 7.77. The average molecular weight is 222 g/mol. The number of hydrogen-bond donors (Lipinski definition) is 1. The maximum absolute atomic E-state index is 11.7. The van der Waals surface area contributed by atoms with Gasteiger partial charge in [0.25, 0.3) is 0 Å². The van der Waals surface area contributed by atoms with Crippen LogP contribution in [0.25, 0.3) is 0 Å². The lowest BCUT2D eigenvalue weighted by Gasteiger charge is -2.02. The highest BCUT2D eigenvalue weighted by molar-refractivity contribution is 5.96. The number of benzene rings is 1. The molecule has 0 fully saturated rings. The van der Waals surface area contributed by atoms with Gasteiger partial charge in [-0.05, 0) is 37.1 Å². The molecule has 3 nitrogen and oxygen atoms in total. The molecule has 0 amide bonds. The van der Waals surface area contributed by atoms with E-state index in [0.29, 0.717) is 6.42 Å². The first-order valence-corrected chi connectivity index (χ1v) is 5.56. The molecule has 0 spiro atoms. The van der Waals surface area contributed by atoms with Crippen molar-refractivity contribution in [2.24, 2.45) is 0 Å². The lowest BCUT2D eigenvalue weighted by Crippen LogP contribution is -1.99. The van der Waals surface area contributed by atoms with Crippen LogP contribution in [-0.2, 0) is 0 Å². The molecule has 3 heteroatoms. The fourth-order valence-corrected chi connectivity index (χ4v) is 1.50. The summed E-state index contributed by atoms with van der Waals surface area (Å²) in [5, 5.41) is 8.61. The molecule has 0 bridgehead atoms. The van der Waals surface area contributed by atoms with E-state index in [1.165, 1.54) is 0 Å². The molecule has 0 aromatic heterocycles. The fraction of sp³-hybridized carbons (Fsp3) is 0.462. The quantitative estimate of drug-likeness (QED) is 0.569. The summed E-state index contributed by atoms with van der Waals surface area (Å²) in [7, 11) is 1.60. The van der Waals surface area contributed by atoms with Gasteiger partial charge >= 0.3 is 0 Å². The summed E-state index contributed by atoms with van der Waals surface area (Å²) in [6.07, 6.45) is 3.06. The van der Waals surface area contributed by atoms with E-state index in [-0.39, 0.29) is 12.4 Å². The van der Waals surface area contributed by atoms with Gasteiger partial charge in [-0.3, -0.25) is 4.79 Å². The topological polar surface area (TPSA) is 46.5 Å². The van der Waals surface area contributed by atoms with Crippen LogP contribution < -0.4 is 4.74 Å². The molecule has 0 unspecified atom stereocenters. The third-order valence-electron chi connectivity index (χ3n) is 2.47. The van der Waals surface area contributed by atoms with Crippen molar-refractivity contribution in [3.63, 3.8) is 0 Å². The van der Waals surface area contributed by atoms with Crippen LogP contribution in [0.2, 0.25) is 0 Å². The molecule has 0 aliphatic heterocycles. The zero-order valence-electron chi connectivity index (χ0n) is 9.61. The Bertz CT molecular complexity index is 316. The zero-order valence-corrected chi connectivity index (χ0v) is 9.61. The van der Waals surface area contributed by atoms with Gasteiger partial charge in [0.05, 0.1) is 7.11 Å². The maximum Gasteiger partial charge on any atom is 0.162 e. The molecule has 1 rings (SSSR count). The van der Waals surface area contributed by atoms with Crippen molar-refractivity contribution in [3.8, 4) is 5.75 Å². The number of aliphatic hydroxyl groups is 1. The molecular weight excluding hydrogens is 204 g/mol. The molecule has 1 N–H and O–H groups in total. The minimum absolute atomic E-state index is 0.153. The van der Waals surface area contributed by atoms with Gasteiger partial charge in [-0.2, -0.15) is 0 Å². The number of ether oxygens (including phenoxy) is 1. The monoisotopic (exact) mass is 222 g/mol. The Hall–Kier alpha value is -1.35. The van der Waals surface area contributed by atoms with Crippen molar-refractivity contribution in [1.29, 1.82) is 0 Å². The van der Waals surface area contributed by atoms with Crippen LogP contribution in [0, 0.1) is 0 Å². The first kappa shape index (κ1) is 12.7. The Morgan fingerprint density at radius 2 is 1.88 bits per heavy atom. The lowest BCUT2D eigenvalue weighted by molar-refractivity contribution is 0.0978. The van der Waals surface area contributed by atoms with E-state index in [1.807, 2.05) is 0 Å². The summed E-state index contributed by atoms with van der Waals surface area (Å²) < 4.78 is 5.02. The second-order valence-corrected chi connectivity index (χ2v) is 3.69. The van der Waals surface area contributed by atoms with Crippen molar-refractivity contribution >= 4 is 5.78 Å². The summed E-state index contributed by atoms with van der Waals surface area (Å²) >= 11 is 0. The summed E-state index contributed by atoms with van der Waals surface area (Å²) in [5.41, 5.74) is 0.727. The number of methoxy groups -OCH3 is 1. The van der Waals surface area contributed by atoms with E-state index in [2.05, 4.69) is 0 Å². The van der Waals surface area contributed by atoms with Crippen LogP contribution in [0.1, 0.15) is 36.0 Å². The smallest absolute Gasteiger partial charge is 0.162 e. The standard InChI is InChI=1S/C13H18O3/c1-16-12-8-6-11(7-9-12)13(15)5-3-2-4-10-14/h6-9,14H,2-5,10H2,1H3. The molecule has 1 aromatic carbocycles.